The molecular weight excluding hydrogens is 304 g/mol. The highest BCUT2D eigenvalue weighted by molar-refractivity contribution is 7.99. The fourth-order valence-corrected chi connectivity index (χ4v) is 3.90. The second-order valence-electron chi connectivity index (χ2n) is 5.70. The Balaban J connectivity index is 2.08. The number of likely N-dealkylation sites (N-methyl/N-ethyl adjacent to an activating group) is 1. The van der Waals surface area contributed by atoms with Gasteiger partial charge in [-0.1, -0.05) is 29.8 Å². The van der Waals surface area contributed by atoms with Gasteiger partial charge in [0, 0.05) is 23.9 Å². The molecule has 1 heterocycles. The molecule has 0 aliphatic carbocycles. The molecule has 3 nitrogen and oxygen atoms in total. The molecule has 1 amide bonds. The highest BCUT2D eigenvalue weighted by Gasteiger charge is 2.26. The van der Waals surface area contributed by atoms with E-state index in [9.17, 15) is 4.79 Å². The van der Waals surface area contributed by atoms with Crippen molar-refractivity contribution < 1.29 is 4.79 Å². The minimum atomic E-state index is 0.192. The molecule has 1 aliphatic heterocycles. The second-order valence-corrected chi connectivity index (χ2v) is 7.26. The zero-order valence-corrected chi connectivity index (χ0v) is 14.3. The summed E-state index contributed by atoms with van der Waals surface area (Å²) in [5.74, 6) is 2.35. The van der Waals surface area contributed by atoms with E-state index < -0.39 is 0 Å². The van der Waals surface area contributed by atoms with Crippen LogP contribution in [0.5, 0.6) is 0 Å². The maximum Gasteiger partial charge on any atom is 0.227 e. The maximum absolute atomic E-state index is 12.7. The minimum absolute atomic E-state index is 0.192. The molecule has 5 heteroatoms. The third kappa shape index (κ3) is 4.90. The van der Waals surface area contributed by atoms with Crippen molar-refractivity contribution in [3.8, 4) is 0 Å². The molecule has 0 spiro atoms. The Labute approximate surface area is 136 Å². The van der Waals surface area contributed by atoms with Crippen molar-refractivity contribution >= 4 is 29.3 Å². The van der Waals surface area contributed by atoms with Gasteiger partial charge in [0.2, 0.25) is 5.91 Å². The molecule has 0 aromatic heterocycles. The molecule has 1 aromatic carbocycles. The molecule has 0 radical (unpaired) electrons. The summed E-state index contributed by atoms with van der Waals surface area (Å²) < 4.78 is 0. The fourth-order valence-electron chi connectivity index (χ4n) is 2.64. The Morgan fingerprint density at radius 3 is 2.90 bits per heavy atom. The van der Waals surface area contributed by atoms with Gasteiger partial charge < -0.3 is 9.80 Å². The molecule has 21 heavy (non-hydrogen) atoms. The second kappa shape index (κ2) is 8.06. The van der Waals surface area contributed by atoms with Crippen molar-refractivity contribution in [2.75, 3.05) is 38.7 Å². The van der Waals surface area contributed by atoms with Crippen molar-refractivity contribution in [2.24, 2.45) is 0 Å². The topological polar surface area (TPSA) is 23.6 Å². The maximum atomic E-state index is 12.7. The molecular formula is C16H23ClN2OS. The molecule has 1 aliphatic rings. The fraction of sp³-hybridized carbons (Fsp3) is 0.562. The quantitative estimate of drug-likeness (QED) is 0.850. The Morgan fingerprint density at radius 2 is 2.19 bits per heavy atom. The lowest BCUT2D eigenvalue weighted by molar-refractivity contribution is -0.132. The van der Waals surface area contributed by atoms with E-state index in [1.54, 1.807) is 0 Å². The Bertz CT molecular complexity index is 481. The summed E-state index contributed by atoms with van der Waals surface area (Å²) >= 11 is 8.13. The van der Waals surface area contributed by atoms with E-state index in [2.05, 4.69) is 23.9 Å². The summed E-state index contributed by atoms with van der Waals surface area (Å²) in [6.45, 7) is 1.77. The Morgan fingerprint density at radius 1 is 1.43 bits per heavy atom. The molecule has 1 atom stereocenters. The lowest BCUT2D eigenvalue weighted by atomic mass is 10.1. The van der Waals surface area contributed by atoms with Crippen LogP contribution in [0.15, 0.2) is 24.3 Å². The lowest BCUT2D eigenvalue weighted by Gasteiger charge is -2.32. The molecule has 1 saturated heterocycles. The SMILES string of the molecule is CN(C)CC1CSCCCN1C(=O)Cc1ccccc1Cl. The van der Waals surface area contributed by atoms with Gasteiger partial charge in [0.1, 0.15) is 0 Å². The zero-order chi connectivity index (χ0) is 15.2. The van der Waals surface area contributed by atoms with E-state index in [0.717, 1.165) is 36.6 Å². The average Bonchev–Trinajstić information content (AvgIpc) is 2.66. The third-order valence-electron chi connectivity index (χ3n) is 3.63. The first-order valence-electron chi connectivity index (χ1n) is 7.33. The predicted octanol–water partition coefficient (Wildman–Crippen LogP) is 2.78. The van der Waals surface area contributed by atoms with E-state index in [4.69, 9.17) is 11.6 Å². The molecule has 2 rings (SSSR count). The zero-order valence-electron chi connectivity index (χ0n) is 12.7. The summed E-state index contributed by atoms with van der Waals surface area (Å²) in [7, 11) is 4.12. The first kappa shape index (κ1) is 16.7. The van der Waals surface area contributed by atoms with Crippen molar-refractivity contribution in [2.45, 2.75) is 18.9 Å². The van der Waals surface area contributed by atoms with Crippen LogP contribution in [-0.2, 0) is 11.2 Å². The third-order valence-corrected chi connectivity index (χ3v) is 5.20. The number of nitrogens with zero attached hydrogens (tertiary/aromatic N) is 2. The van der Waals surface area contributed by atoms with Crippen LogP contribution in [0.1, 0.15) is 12.0 Å². The van der Waals surface area contributed by atoms with E-state index in [1.807, 2.05) is 36.0 Å². The summed E-state index contributed by atoms with van der Waals surface area (Å²) in [5.41, 5.74) is 0.921. The highest BCUT2D eigenvalue weighted by atomic mass is 35.5. The summed E-state index contributed by atoms with van der Waals surface area (Å²) in [6.07, 6.45) is 1.47. The Hall–Kier alpha value is -0.710. The van der Waals surface area contributed by atoms with Crippen LogP contribution in [0.25, 0.3) is 0 Å². The van der Waals surface area contributed by atoms with Crippen LogP contribution in [0.2, 0.25) is 5.02 Å². The van der Waals surface area contributed by atoms with Gasteiger partial charge in [-0.15, -0.1) is 0 Å². The van der Waals surface area contributed by atoms with Crippen LogP contribution >= 0.6 is 23.4 Å². The standard InChI is InChI=1S/C16H23ClN2OS/c1-18(2)11-14-12-21-9-5-8-19(14)16(20)10-13-6-3-4-7-15(13)17/h3-4,6-7,14H,5,8-12H2,1-2H3. The Kier molecular flexibility index (Phi) is 6.40. The summed E-state index contributed by atoms with van der Waals surface area (Å²) in [5, 5.41) is 0.680. The minimum Gasteiger partial charge on any atom is -0.337 e. The van der Waals surface area contributed by atoms with Gasteiger partial charge in [-0.05, 0) is 37.9 Å². The first-order valence-corrected chi connectivity index (χ1v) is 8.86. The van der Waals surface area contributed by atoms with Gasteiger partial charge in [-0.25, -0.2) is 0 Å². The van der Waals surface area contributed by atoms with Crippen LogP contribution in [0.4, 0.5) is 0 Å². The lowest BCUT2D eigenvalue weighted by Crippen LogP contribution is -2.47. The predicted molar refractivity (Wildman–Crippen MR) is 91.2 cm³/mol. The number of benzene rings is 1. The van der Waals surface area contributed by atoms with Crippen molar-refractivity contribution in [1.82, 2.24) is 9.80 Å². The van der Waals surface area contributed by atoms with Gasteiger partial charge in [-0.2, -0.15) is 11.8 Å². The number of thioether (sulfide) groups is 1. The largest absolute Gasteiger partial charge is 0.337 e. The number of amides is 1. The molecule has 0 bridgehead atoms. The number of rotatable bonds is 4. The molecule has 116 valence electrons. The molecule has 1 aromatic rings. The van der Waals surface area contributed by atoms with Crippen LogP contribution in [0.3, 0.4) is 0 Å². The van der Waals surface area contributed by atoms with E-state index in [1.165, 1.54) is 0 Å². The first-order chi connectivity index (χ1) is 10.1. The van der Waals surface area contributed by atoms with Crippen molar-refractivity contribution in [1.29, 1.82) is 0 Å². The molecule has 0 N–H and O–H groups in total. The molecule has 0 saturated carbocycles. The molecule has 1 unspecified atom stereocenters. The van der Waals surface area contributed by atoms with Gasteiger partial charge >= 0.3 is 0 Å². The van der Waals surface area contributed by atoms with Crippen LogP contribution < -0.4 is 0 Å². The normalized spacial score (nSPS) is 19.6. The van der Waals surface area contributed by atoms with E-state index in [-0.39, 0.29) is 5.91 Å². The van der Waals surface area contributed by atoms with Crippen molar-refractivity contribution in [3.05, 3.63) is 34.9 Å². The van der Waals surface area contributed by atoms with Gasteiger partial charge in [-0.3, -0.25) is 4.79 Å². The number of halogens is 1. The molecule has 1 fully saturated rings. The van der Waals surface area contributed by atoms with Crippen molar-refractivity contribution in [3.63, 3.8) is 0 Å². The number of hydrogen-bond acceptors (Lipinski definition) is 3. The summed E-state index contributed by atoms with van der Waals surface area (Å²) in [4.78, 5) is 16.9. The number of hydrogen-bond donors (Lipinski definition) is 0. The van der Waals surface area contributed by atoms with E-state index in [0.29, 0.717) is 17.5 Å². The smallest absolute Gasteiger partial charge is 0.227 e. The van der Waals surface area contributed by atoms with Gasteiger partial charge in [0.15, 0.2) is 0 Å². The number of carbonyl (C=O) groups is 1. The van der Waals surface area contributed by atoms with Crippen LogP contribution in [-0.4, -0.2) is 60.4 Å². The average molecular weight is 327 g/mol. The van der Waals surface area contributed by atoms with Crippen LogP contribution in [0, 0.1) is 0 Å². The van der Waals surface area contributed by atoms with Gasteiger partial charge in [0.25, 0.3) is 0 Å². The van der Waals surface area contributed by atoms with Gasteiger partial charge in [0.05, 0.1) is 12.5 Å². The highest BCUT2D eigenvalue weighted by Crippen LogP contribution is 2.20. The monoisotopic (exact) mass is 326 g/mol. The summed E-state index contributed by atoms with van der Waals surface area (Å²) in [6, 6.07) is 7.91. The number of carbonyl (C=O) groups excluding carboxylic acids is 1. The van der Waals surface area contributed by atoms with E-state index >= 15 is 0 Å².